The topological polar surface area (TPSA) is 62.2 Å². The number of amidine groups is 1. The molecule has 2 amide bonds. The van der Waals surface area contributed by atoms with Crippen molar-refractivity contribution in [1.29, 1.82) is 0 Å². The number of hydrogen-bond acceptors (Lipinski definition) is 4. The number of fused-ring (bicyclic) bond motifs is 1. The highest BCUT2D eigenvalue weighted by atomic mass is 19.1. The third kappa shape index (κ3) is 3.71. The fourth-order valence-corrected chi connectivity index (χ4v) is 5.67. The number of ether oxygens (including phenoxy) is 1. The summed E-state index contributed by atoms with van der Waals surface area (Å²) in [5, 5.41) is 2.02. The number of methoxy groups -OCH3 is 1. The van der Waals surface area contributed by atoms with Gasteiger partial charge in [-0.25, -0.2) is 4.39 Å². The Labute approximate surface area is 214 Å². The molecule has 2 heterocycles. The summed E-state index contributed by atoms with van der Waals surface area (Å²) in [7, 11) is 1.64. The summed E-state index contributed by atoms with van der Waals surface area (Å²) in [6.07, 6.45) is 3.40. The maximum Gasteiger partial charge on any atom is 0.256 e. The van der Waals surface area contributed by atoms with E-state index < -0.39 is 11.4 Å². The first-order valence-corrected chi connectivity index (χ1v) is 13.0. The van der Waals surface area contributed by atoms with Crippen LogP contribution in [-0.2, 0) is 9.59 Å². The third-order valence-electron chi connectivity index (χ3n) is 8.18. The van der Waals surface area contributed by atoms with Gasteiger partial charge in [0.25, 0.3) is 5.91 Å². The molecule has 0 unspecified atom stereocenters. The molecule has 2 aliphatic heterocycles. The van der Waals surface area contributed by atoms with E-state index in [4.69, 9.17) is 9.73 Å². The molecule has 3 aromatic rings. The molecular weight excluding hydrogens is 469 g/mol. The van der Waals surface area contributed by atoms with Gasteiger partial charge < -0.3 is 9.64 Å². The zero-order valence-corrected chi connectivity index (χ0v) is 20.7. The number of carbonyl (C=O) groups is 2. The molecule has 2 aliphatic carbocycles. The number of hydrogen-bond donors (Lipinski definition) is 0. The molecule has 37 heavy (non-hydrogen) atoms. The Bertz CT molecular complexity index is 1480. The van der Waals surface area contributed by atoms with Crippen LogP contribution in [0.1, 0.15) is 31.2 Å². The van der Waals surface area contributed by atoms with Gasteiger partial charge in [-0.2, -0.15) is 0 Å². The summed E-state index contributed by atoms with van der Waals surface area (Å²) in [5.41, 5.74) is 1.28. The molecule has 188 valence electrons. The van der Waals surface area contributed by atoms with E-state index in [0.717, 1.165) is 40.5 Å². The van der Waals surface area contributed by atoms with Crippen LogP contribution in [0.3, 0.4) is 0 Å². The number of benzene rings is 3. The zero-order chi connectivity index (χ0) is 25.3. The predicted molar refractivity (Wildman–Crippen MR) is 139 cm³/mol. The Morgan fingerprint density at radius 2 is 1.84 bits per heavy atom. The van der Waals surface area contributed by atoms with Crippen LogP contribution in [0.15, 0.2) is 59.6 Å². The fraction of sp³-hybridized carbons (Fsp3) is 0.367. The largest absolute Gasteiger partial charge is 0.496 e. The Morgan fingerprint density at radius 1 is 1.08 bits per heavy atom. The van der Waals surface area contributed by atoms with Gasteiger partial charge in [0.05, 0.1) is 12.7 Å². The summed E-state index contributed by atoms with van der Waals surface area (Å²) in [5.74, 6) is 1.42. The summed E-state index contributed by atoms with van der Waals surface area (Å²) in [4.78, 5) is 33.9. The molecule has 7 heteroatoms. The van der Waals surface area contributed by atoms with Crippen molar-refractivity contribution in [2.75, 3.05) is 26.7 Å². The lowest BCUT2D eigenvalue weighted by molar-refractivity contribution is -0.139. The van der Waals surface area contributed by atoms with Gasteiger partial charge >= 0.3 is 0 Å². The minimum Gasteiger partial charge on any atom is -0.496 e. The smallest absolute Gasteiger partial charge is 0.256 e. The highest BCUT2D eigenvalue weighted by molar-refractivity contribution is 6.16. The first kappa shape index (κ1) is 22.5. The number of carbonyl (C=O) groups excluding carboxylic acids is 2. The molecule has 6 nitrogen and oxygen atoms in total. The highest BCUT2D eigenvalue weighted by Crippen LogP contribution is 2.46. The van der Waals surface area contributed by atoms with E-state index in [1.54, 1.807) is 18.1 Å². The van der Waals surface area contributed by atoms with Gasteiger partial charge in [0.1, 0.15) is 22.9 Å². The lowest BCUT2D eigenvalue weighted by Crippen LogP contribution is -2.55. The molecule has 3 aromatic carbocycles. The Morgan fingerprint density at radius 3 is 2.54 bits per heavy atom. The summed E-state index contributed by atoms with van der Waals surface area (Å²) in [6.45, 7) is 1.79. The van der Waals surface area contributed by atoms with E-state index in [9.17, 15) is 9.59 Å². The second-order valence-electron chi connectivity index (χ2n) is 10.9. The van der Waals surface area contributed by atoms with Crippen LogP contribution in [0.25, 0.3) is 21.9 Å². The Hall–Kier alpha value is -3.74. The van der Waals surface area contributed by atoms with Crippen LogP contribution in [0.4, 0.5) is 4.39 Å². The fourth-order valence-electron chi connectivity index (χ4n) is 5.67. The molecule has 3 fully saturated rings. The molecular formula is C30H28FN3O3. The molecule has 0 bridgehead atoms. The van der Waals surface area contributed by atoms with E-state index >= 15 is 4.39 Å². The van der Waals surface area contributed by atoms with Gasteiger partial charge in [-0.1, -0.05) is 30.3 Å². The number of nitrogens with zero attached hydrogens (tertiary/aromatic N) is 3. The molecule has 1 spiro atoms. The van der Waals surface area contributed by atoms with E-state index in [1.807, 2.05) is 47.4 Å². The molecule has 7 rings (SSSR count). The van der Waals surface area contributed by atoms with Crippen LogP contribution in [0.5, 0.6) is 5.75 Å². The molecule has 0 aromatic heterocycles. The van der Waals surface area contributed by atoms with Gasteiger partial charge in [-0.3, -0.25) is 19.5 Å². The number of amides is 2. The van der Waals surface area contributed by atoms with Crippen molar-refractivity contribution in [2.45, 2.75) is 31.2 Å². The van der Waals surface area contributed by atoms with Crippen molar-refractivity contribution in [3.05, 3.63) is 66.0 Å². The molecule has 2 saturated carbocycles. The van der Waals surface area contributed by atoms with E-state index in [0.29, 0.717) is 43.9 Å². The number of rotatable bonds is 6. The standard InChI is InChI=1S/C30H28FN3O3/c1-37-26-4-2-3-19-5-8-21(13-24(19)26)22-9-10-23(25(31)14-22)27-32-30(11-12-30)29(36)34(27)17-18-15-33(16-18)28(35)20-6-7-20/h2-5,8-10,13-14,18,20H,6-7,11-12,15-17H2,1H3. The number of halogens is 1. The van der Waals surface area contributed by atoms with Gasteiger partial charge in [0.15, 0.2) is 0 Å². The average Bonchev–Trinajstić information content (AvgIpc) is 3.81. The van der Waals surface area contributed by atoms with Crippen molar-refractivity contribution in [3.63, 3.8) is 0 Å². The van der Waals surface area contributed by atoms with E-state index in [2.05, 4.69) is 0 Å². The van der Waals surface area contributed by atoms with Crippen LogP contribution >= 0.6 is 0 Å². The minimum atomic E-state index is -0.706. The maximum atomic E-state index is 15.6. The van der Waals surface area contributed by atoms with Gasteiger partial charge in [0.2, 0.25) is 5.91 Å². The SMILES string of the molecule is COc1cccc2ccc(-c3ccc(C4=NC5(CC5)C(=O)N4CC4CN(C(=O)C5CC5)C4)c(F)c3)cc12. The normalized spacial score (nSPS) is 20.4. The van der Waals surface area contributed by atoms with Crippen LogP contribution in [-0.4, -0.2) is 59.7 Å². The zero-order valence-electron chi connectivity index (χ0n) is 20.7. The lowest BCUT2D eigenvalue weighted by atomic mass is 9.97. The summed E-state index contributed by atoms with van der Waals surface area (Å²) < 4.78 is 21.1. The van der Waals surface area contributed by atoms with Crippen molar-refractivity contribution in [2.24, 2.45) is 16.8 Å². The summed E-state index contributed by atoms with van der Waals surface area (Å²) in [6, 6.07) is 17.0. The predicted octanol–water partition coefficient (Wildman–Crippen LogP) is 4.64. The second-order valence-corrected chi connectivity index (χ2v) is 10.9. The van der Waals surface area contributed by atoms with Crippen molar-refractivity contribution >= 4 is 28.4 Å². The van der Waals surface area contributed by atoms with Crippen molar-refractivity contribution in [3.8, 4) is 16.9 Å². The maximum absolute atomic E-state index is 15.6. The Balaban J connectivity index is 1.15. The van der Waals surface area contributed by atoms with E-state index in [1.165, 1.54) is 6.07 Å². The minimum absolute atomic E-state index is 0.0282. The van der Waals surface area contributed by atoms with Gasteiger partial charge in [0, 0.05) is 36.9 Å². The van der Waals surface area contributed by atoms with Crippen LogP contribution in [0.2, 0.25) is 0 Å². The molecule has 0 atom stereocenters. The second kappa shape index (κ2) is 8.13. The number of aliphatic imine (C=N–C) groups is 1. The van der Waals surface area contributed by atoms with Gasteiger partial charge in [-0.05, 0) is 66.5 Å². The third-order valence-corrected chi connectivity index (χ3v) is 8.18. The van der Waals surface area contributed by atoms with Crippen LogP contribution < -0.4 is 4.74 Å². The molecule has 1 saturated heterocycles. The molecule has 4 aliphatic rings. The summed E-state index contributed by atoms with van der Waals surface area (Å²) >= 11 is 0. The van der Waals surface area contributed by atoms with E-state index in [-0.39, 0.29) is 23.7 Å². The first-order valence-electron chi connectivity index (χ1n) is 13.0. The quantitative estimate of drug-likeness (QED) is 0.498. The first-order chi connectivity index (χ1) is 18.0. The lowest BCUT2D eigenvalue weighted by Gasteiger charge is -2.41. The molecule has 0 radical (unpaired) electrons. The average molecular weight is 498 g/mol. The Kier molecular flexibility index (Phi) is 4.94. The monoisotopic (exact) mass is 497 g/mol. The highest BCUT2D eigenvalue weighted by Gasteiger charge is 2.58. The van der Waals surface area contributed by atoms with Crippen molar-refractivity contribution < 1.29 is 18.7 Å². The number of likely N-dealkylation sites (tertiary alicyclic amines) is 1. The van der Waals surface area contributed by atoms with Crippen LogP contribution in [0, 0.1) is 17.7 Å². The van der Waals surface area contributed by atoms with Gasteiger partial charge in [-0.15, -0.1) is 0 Å². The van der Waals surface area contributed by atoms with Crippen molar-refractivity contribution in [1.82, 2.24) is 9.80 Å². The molecule has 0 N–H and O–H groups in total.